The lowest BCUT2D eigenvalue weighted by atomic mass is 10.0. The number of amides is 2. The van der Waals surface area contributed by atoms with E-state index in [1.165, 1.54) is 7.11 Å². The lowest BCUT2D eigenvalue weighted by molar-refractivity contribution is -0.145. The number of ether oxygens (including phenoxy) is 1. The predicted octanol–water partition coefficient (Wildman–Crippen LogP) is 2.95. The molecule has 1 heterocycles. The fourth-order valence-corrected chi connectivity index (χ4v) is 3.33. The van der Waals surface area contributed by atoms with Crippen molar-refractivity contribution in [2.24, 2.45) is 0 Å². The standard InChI is InChI=1S/C21H24N2O3/c1-3-19(26-2)21(25)22-13-14-23(20(24)15-22)18-12-8-7-11-17(18)16-9-5-4-6-10-16/h4-12,19H,3,13-15H2,1-2H3/t19-/m0/s1. The maximum absolute atomic E-state index is 12.8. The Labute approximate surface area is 154 Å². The van der Waals surface area contributed by atoms with Crippen molar-refractivity contribution in [3.63, 3.8) is 0 Å². The molecule has 2 aromatic rings. The van der Waals surface area contributed by atoms with Gasteiger partial charge >= 0.3 is 0 Å². The highest BCUT2D eigenvalue weighted by molar-refractivity contribution is 6.01. The molecular formula is C21H24N2O3. The molecule has 0 unspecified atom stereocenters. The molecule has 136 valence electrons. The summed E-state index contributed by atoms with van der Waals surface area (Å²) in [6, 6.07) is 17.9. The van der Waals surface area contributed by atoms with E-state index in [-0.39, 0.29) is 18.4 Å². The van der Waals surface area contributed by atoms with Gasteiger partial charge in [-0.15, -0.1) is 0 Å². The maximum atomic E-state index is 12.8. The molecule has 2 aromatic carbocycles. The number of methoxy groups -OCH3 is 1. The Hall–Kier alpha value is -2.66. The number of piperazine rings is 1. The van der Waals surface area contributed by atoms with Gasteiger partial charge in [-0.1, -0.05) is 55.5 Å². The molecule has 0 aliphatic carbocycles. The van der Waals surface area contributed by atoms with Crippen LogP contribution in [-0.4, -0.2) is 49.6 Å². The second-order valence-electron chi connectivity index (χ2n) is 6.32. The van der Waals surface area contributed by atoms with Crippen LogP contribution < -0.4 is 4.90 Å². The van der Waals surface area contributed by atoms with Crippen LogP contribution in [0.25, 0.3) is 11.1 Å². The summed E-state index contributed by atoms with van der Waals surface area (Å²) in [6.07, 6.45) is 0.117. The average molecular weight is 352 g/mol. The number of hydrogen-bond donors (Lipinski definition) is 0. The molecule has 1 aliphatic rings. The zero-order chi connectivity index (χ0) is 18.5. The van der Waals surface area contributed by atoms with E-state index in [0.717, 1.165) is 16.8 Å². The minimum absolute atomic E-state index is 0.0704. The predicted molar refractivity (Wildman–Crippen MR) is 102 cm³/mol. The summed E-state index contributed by atoms with van der Waals surface area (Å²) in [7, 11) is 1.53. The number of para-hydroxylation sites is 1. The first-order chi connectivity index (χ1) is 12.7. The van der Waals surface area contributed by atoms with Gasteiger partial charge in [0.2, 0.25) is 5.91 Å². The molecule has 0 N–H and O–H groups in total. The van der Waals surface area contributed by atoms with Crippen molar-refractivity contribution in [2.45, 2.75) is 19.4 Å². The Morgan fingerprint density at radius 3 is 2.42 bits per heavy atom. The maximum Gasteiger partial charge on any atom is 0.252 e. The Morgan fingerprint density at radius 2 is 1.77 bits per heavy atom. The highest BCUT2D eigenvalue weighted by Crippen LogP contribution is 2.31. The third-order valence-electron chi connectivity index (χ3n) is 4.74. The zero-order valence-corrected chi connectivity index (χ0v) is 15.2. The van der Waals surface area contributed by atoms with Crippen LogP contribution in [0.3, 0.4) is 0 Å². The summed E-state index contributed by atoms with van der Waals surface area (Å²) in [6.45, 7) is 2.98. The highest BCUT2D eigenvalue weighted by Gasteiger charge is 2.32. The Morgan fingerprint density at radius 1 is 1.08 bits per heavy atom. The third kappa shape index (κ3) is 3.63. The minimum Gasteiger partial charge on any atom is -0.372 e. The summed E-state index contributed by atoms with van der Waals surface area (Å²) < 4.78 is 5.22. The molecule has 1 fully saturated rings. The van der Waals surface area contributed by atoms with Gasteiger partial charge in [0.25, 0.3) is 5.91 Å². The summed E-state index contributed by atoms with van der Waals surface area (Å²) in [5.41, 5.74) is 2.97. The van der Waals surface area contributed by atoms with Crippen molar-refractivity contribution in [3.05, 3.63) is 54.6 Å². The monoisotopic (exact) mass is 352 g/mol. The lowest BCUT2D eigenvalue weighted by Gasteiger charge is -2.36. The molecule has 5 nitrogen and oxygen atoms in total. The van der Waals surface area contributed by atoms with E-state index < -0.39 is 6.10 Å². The molecule has 0 saturated carbocycles. The molecule has 1 saturated heterocycles. The van der Waals surface area contributed by atoms with Crippen LogP contribution in [0.2, 0.25) is 0 Å². The quantitative estimate of drug-likeness (QED) is 0.831. The SMILES string of the molecule is CC[C@H](OC)C(=O)N1CCN(c2ccccc2-c2ccccc2)C(=O)C1. The lowest BCUT2D eigenvalue weighted by Crippen LogP contribution is -2.54. The van der Waals surface area contributed by atoms with Crippen molar-refractivity contribution in [1.82, 2.24) is 4.90 Å². The third-order valence-corrected chi connectivity index (χ3v) is 4.74. The van der Waals surface area contributed by atoms with Crippen LogP contribution in [0.4, 0.5) is 5.69 Å². The Balaban J connectivity index is 1.81. The molecule has 26 heavy (non-hydrogen) atoms. The van der Waals surface area contributed by atoms with E-state index in [0.29, 0.717) is 19.5 Å². The number of benzene rings is 2. The first kappa shape index (κ1) is 18.1. The van der Waals surface area contributed by atoms with Gasteiger partial charge in [-0.05, 0) is 18.1 Å². The Bertz CT molecular complexity index is 772. The molecular weight excluding hydrogens is 328 g/mol. The summed E-state index contributed by atoms with van der Waals surface area (Å²) in [5, 5.41) is 0. The first-order valence-corrected chi connectivity index (χ1v) is 8.92. The van der Waals surface area contributed by atoms with E-state index in [2.05, 4.69) is 0 Å². The molecule has 2 amide bonds. The van der Waals surface area contributed by atoms with Gasteiger partial charge in [0.05, 0.1) is 5.69 Å². The number of hydrogen-bond acceptors (Lipinski definition) is 3. The number of carbonyl (C=O) groups is 2. The second kappa shape index (κ2) is 8.15. The molecule has 5 heteroatoms. The highest BCUT2D eigenvalue weighted by atomic mass is 16.5. The van der Waals surface area contributed by atoms with Crippen LogP contribution in [0.5, 0.6) is 0 Å². The minimum atomic E-state index is -0.481. The molecule has 0 spiro atoms. The summed E-state index contributed by atoms with van der Waals surface area (Å²) >= 11 is 0. The molecule has 0 radical (unpaired) electrons. The molecule has 3 rings (SSSR count). The molecule has 1 atom stereocenters. The van der Waals surface area contributed by atoms with Crippen LogP contribution in [0.1, 0.15) is 13.3 Å². The average Bonchev–Trinajstić information content (AvgIpc) is 2.69. The van der Waals surface area contributed by atoms with Crippen molar-refractivity contribution in [2.75, 3.05) is 31.6 Å². The first-order valence-electron chi connectivity index (χ1n) is 8.92. The number of anilines is 1. The van der Waals surface area contributed by atoms with Gasteiger partial charge < -0.3 is 14.5 Å². The van der Waals surface area contributed by atoms with Crippen LogP contribution in [0, 0.1) is 0 Å². The zero-order valence-electron chi connectivity index (χ0n) is 15.2. The summed E-state index contributed by atoms with van der Waals surface area (Å²) in [4.78, 5) is 28.6. The molecule has 1 aliphatic heterocycles. The van der Waals surface area contributed by atoms with E-state index in [1.54, 1.807) is 9.80 Å². The number of carbonyl (C=O) groups excluding carboxylic acids is 2. The van der Waals surface area contributed by atoms with Crippen molar-refractivity contribution in [3.8, 4) is 11.1 Å². The van der Waals surface area contributed by atoms with Gasteiger partial charge in [-0.2, -0.15) is 0 Å². The number of rotatable bonds is 5. The van der Waals surface area contributed by atoms with Gasteiger partial charge in [0.1, 0.15) is 12.6 Å². The van der Waals surface area contributed by atoms with Crippen LogP contribution in [0.15, 0.2) is 54.6 Å². The number of nitrogens with zero attached hydrogens (tertiary/aromatic N) is 2. The normalized spacial score (nSPS) is 15.8. The second-order valence-corrected chi connectivity index (χ2v) is 6.32. The largest absolute Gasteiger partial charge is 0.372 e. The van der Waals surface area contributed by atoms with Crippen molar-refractivity contribution in [1.29, 1.82) is 0 Å². The van der Waals surface area contributed by atoms with E-state index in [4.69, 9.17) is 4.74 Å². The van der Waals surface area contributed by atoms with Gasteiger partial charge in [0.15, 0.2) is 0 Å². The topological polar surface area (TPSA) is 49.9 Å². The van der Waals surface area contributed by atoms with Crippen molar-refractivity contribution >= 4 is 17.5 Å². The van der Waals surface area contributed by atoms with Gasteiger partial charge in [0, 0.05) is 25.8 Å². The fraction of sp³-hybridized carbons (Fsp3) is 0.333. The smallest absolute Gasteiger partial charge is 0.252 e. The van der Waals surface area contributed by atoms with E-state index in [9.17, 15) is 9.59 Å². The van der Waals surface area contributed by atoms with E-state index >= 15 is 0 Å². The van der Waals surface area contributed by atoms with E-state index in [1.807, 2.05) is 61.5 Å². The molecule has 0 aromatic heterocycles. The molecule has 0 bridgehead atoms. The fourth-order valence-electron chi connectivity index (χ4n) is 3.33. The van der Waals surface area contributed by atoms with Gasteiger partial charge in [-0.3, -0.25) is 9.59 Å². The Kier molecular flexibility index (Phi) is 5.68. The van der Waals surface area contributed by atoms with Crippen LogP contribution >= 0.6 is 0 Å². The van der Waals surface area contributed by atoms with Crippen molar-refractivity contribution < 1.29 is 14.3 Å². The van der Waals surface area contributed by atoms with Gasteiger partial charge in [-0.25, -0.2) is 0 Å². The summed E-state index contributed by atoms with van der Waals surface area (Å²) in [5.74, 6) is -0.182. The van der Waals surface area contributed by atoms with Crippen LogP contribution in [-0.2, 0) is 14.3 Å².